The van der Waals surface area contributed by atoms with Gasteiger partial charge in [0, 0.05) is 17.4 Å². The summed E-state index contributed by atoms with van der Waals surface area (Å²) in [5.41, 5.74) is 3.97. The number of nitrogens with one attached hydrogen (secondary N) is 2. The van der Waals surface area contributed by atoms with Gasteiger partial charge < -0.3 is 5.32 Å². The third-order valence-corrected chi connectivity index (χ3v) is 3.42. The number of aromatic nitrogens is 4. The summed E-state index contributed by atoms with van der Waals surface area (Å²) in [4.78, 5) is 20.4. The van der Waals surface area contributed by atoms with Crippen molar-refractivity contribution in [1.29, 1.82) is 0 Å². The minimum absolute atomic E-state index is 0.150. The van der Waals surface area contributed by atoms with Crippen molar-refractivity contribution in [2.45, 2.75) is 27.3 Å². The Hall–Kier alpha value is -2.63. The lowest BCUT2D eigenvalue weighted by molar-refractivity contribution is 0.851. The van der Waals surface area contributed by atoms with Crippen LogP contribution in [0.25, 0.3) is 5.78 Å². The highest BCUT2D eigenvalue weighted by molar-refractivity contribution is 5.56. The van der Waals surface area contributed by atoms with Crippen molar-refractivity contribution in [3.63, 3.8) is 0 Å². The first-order chi connectivity index (χ1) is 10.0. The van der Waals surface area contributed by atoms with Crippen LogP contribution >= 0.6 is 0 Å². The van der Waals surface area contributed by atoms with E-state index in [1.165, 1.54) is 21.7 Å². The summed E-state index contributed by atoms with van der Waals surface area (Å²) >= 11 is 0. The van der Waals surface area contributed by atoms with Crippen LogP contribution in [0.5, 0.6) is 0 Å². The molecule has 0 unspecified atom stereocenters. The highest BCUT2D eigenvalue weighted by atomic mass is 16.1. The SMILES string of the molecule is Cc1cc(=O)n2[nH]c(CNc3c(C)cccc3C)nc2n1. The van der Waals surface area contributed by atoms with E-state index in [0.29, 0.717) is 23.8 Å². The van der Waals surface area contributed by atoms with Crippen molar-refractivity contribution in [2.75, 3.05) is 5.32 Å². The Labute approximate surface area is 121 Å². The molecule has 0 aliphatic heterocycles. The second-order valence-electron chi connectivity index (χ2n) is 5.16. The molecular formula is C15H17N5O. The quantitative estimate of drug-likeness (QED) is 0.770. The predicted octanol–water partition coefficient (Wildman–Crippen LogP) is 1.95. The summed E-state index contributed by atoms with van der Waals surface area (Å²) in [5, 5.41) is 6.32. The number of nitrogens with zero attached hydrogens (tertiary/aromatic N) is 3. The van der Waals surface area contributed by atoms with Gasteiger partial charge in [0.2, 0.25) is 0 Å². The summed E-state index contributed by atoms with van der Waals surface area (Å²) in [6, 6.07) is 7.63. The summed E-state index contributed by atoms with van der Waals surface area (Å²) in [6.07, 6.45) is 0. The van der Waals surface area contributed by atoms with Gasteiger partial charge in [-0.2, -0.15) is 9.50 Å². The first kappa shape index (κ1) is 13.4. The molecule has 1 aromatic carbocycles. The number of aromatic amines is 1. The lowest BCUT2D eigenvalue weighted by Crippen LogP contribution is -2.14. The molecule has 0 spiro atoms. The van der Waals surface area contributed by atoms with Gasteiger partial charge >= 0.3 is 0 Å². The Balaban J connectivity index is 1.89. The molecule has 0 bridgehead atoms. The molecule has 6 heteroatoms. The van der Waals surface area contributed by atoms with E-state index in [0.717, 1.165) is 5.69 Å². The second kappa shape index (κ2) is 5.05. The van der Waals surface area contributed by atoms with Gasteiger partial charge in [-0.3, -0.25) is 9.89 Å². The number of hydrogen-bond donors (Lipinski definition) is 2. The van der Waals surface area contributed by atoms with Crippen molar-refractivity contribution in [3.8, 4) is 0 Å². The minimum atomic E-state index is -0.150. The molecule has 0 aliphatic carbocycles. The van der Waals surface area contributed by atoms with Gasteiger partial charge in [-0.05, 0) is 31.9 Å². The first-order valence-electron chi connectivity index (χ1n) is 6.80. The van der Waals surface area contributed by atoms with Crippen molar-refractivity contribution < 1.29 is 0 Å². The highest BCUT2D eigenvalue weighted by Gasteiger charge is 2.07. The fourth-order valence-corrected chi connectivity index (χ4v) is 2.38. The molecule has 0 saturated carbocycles. The molecule has 2 aromatic heterocycles. The van der Waals surface area contributed by atoms with Crippen molar-refractivity contribution in [3.05, 3.63) is 57.3 Å². The van der Waals surface area contributed by atoms with E-state index >= 15 is 0 Å². The zero-order valence-corrected chi connectivity index (χ0v) is 12.3. The number of hydrogen-bond acceptors (Lipinski definition) is 4. The molecule has 0 atom stereocenters. The first-order valence-corrected chi connectivity index (χ1v) is 6.80. The molecule has 0 amide bonds. The fourth-order valence-electron chi connectivity index (χ4n) is 2.38. The van der Waals surface area contributed by atoms with Gasteiger partial charge in [-0.1, -0.05) is 18.2 Å². The van der Waals surface area contributed by atoms with Crippen LogP contribution in [-0.2, 0) is 6.54 Å². The molecule has 0 aliphatic rings. The van der Waals surface area contributed by atoms with E-state index < -0.39 is 0 Å². The van der Waals surface area contributed by atoms with Gasteiger partial charge in [0.25, 0.3) is 11.3 Å². The molecule has 0 radical (unpaired) electrons. The van der Waals surface area contributed by atoms with Crippen LogP contribution in [0.3, 0.4) is 0 Å². The van der Waals surface area contributed by atoms with Crippen LogP contribution in [0.15, 0.2) is 29.1 Å². The van der Waals surface area contributed by atoms with Gasteiger partial charge in [0.15, 0.2) is 0 Å². The van der Waals surface area contributed by atoms with E-state index in [9.17, 15) is 4.79 Å². The topological polar surface area (TPSA) is 75.1 Å². The number of fused-ring (bicyclic) bond motifs is 1. The molecule has 2 heterocycles. The van der Waals surface area contributed by atoms with E-state index in [2.05, 4.69) is 46.4 Å². The van der Waals surface area contributed by atoms with Crippen molar-refractivity contribution in [1.82, 2.24) is 19.6 Å². The Morgan fingerprint density at radius 1 is 1.19 bits per heavy atom. The maximum absolute atomic E-state index is 11.8. The van der Waals surface area contributed by atoms with Crippen LogP contribution < -0.4 is 10.9 Å². The minimum Gasteiger partial charge on any atom is -0.377 e. The van der Waals surface area contributed by atoms with Crippen LogP contribution in [0.2, 0.25) is 0 Å². The standard InChI is InChI=1S/C15H17N5O/c1-9-5-4-6-10(2)14(9)16-8-12-18-15-17-11(3)7-13(21)20(15)19-12/h4-7,16H,8H2,1-3H3,(H,17,18,19). The Kier molecular flexibility index (Phi) is 3.21. The van der Waals surface area contributed by atoms with Crippen LogP contribution in [0, 0.1) is 20.8 Å². The summed E-state index contributed by atoms with van der Waals surface area (Å²) in [7, 11) is 0. The Morgan fingerprint density at radius 3 is 2.62 bits per heavy atom. The Bertz CT molecular complexity index is 842. The zero-order valence-electron chi connectivity index (χ0n) is 12.3. The highest BCUT2D eigenvalue weighted by Crippen LogP contribution is 2.19. The van der Waals surface area contributed by atoms with Crippen molar-refractivity contribution >= 4 is 11.5 Å². The van der Waals surface area contributed by atoms with Crippen LogP contribution in [0.4, 0.5) is 5.69 Å². The maximum atomic E-state index is 11.8. The normalized spacial score (nSPS) is 11.0. The zero-order chi connectivity index (χ0) is 15.0. The molecule has 6 nitrogen and oxygen atoms in total. The lowest BCUT2D eigenvalue weighted by atomic mass is 10.1. The van der Waals surface area contributed by atoms with E-state index in [1.807, 2.05) is 6.07 Å². The molecule has 3 aromatic rings. The van der Waals surface area contributed by atoms with Gasteiger partial charge in [-0.25, -0.2) is 4.98 Å². The van der Waals surface area contributed by atoms with Crippen molar-refractivity contribution in [2.24, 2.45) is 0 Å². The third kappa shape index (κ3) is 2.52. The van der Waals surface area contributed by atoms with E-state index in [4.69, 9.17) is 0 Å². The largest absolute Gasteiger partial charge is 0.377 e. The maximum Gasteiger partial charge on any atom is 0.274 e. The fraction of sp³-hybridized carbons (Fsp3) is 0.267. The molecule has 108 valence electrons. The number of anilines is 1. The lowest BCUT2D eigenvalue weighted by Gasteiger charge is -2.10. The Morgan fingerprint density at radius 2 is 1.90 bits per heavy atom. The summed E-state index contributed by atoms with van der Waals surface area (Å²) in [6.45, 7) is 6.41. The second-order valence-corrected chi connectivity index (χ2v) is 5.16. The monoisotopic (exact) mass is 283 g/mol. The average molecular weight is 283 g/mol. The average Bonchev–Trinajstić information content (AvgIpc) is 2.81. The number of para-hydroxylation sites is 1. The number of benzene rings is 1. The van der Waals surface area contributed by atoms with Gasteiger partial charge in [0.1, 0.15) is 5.82 Å². The molecule has 2 N–H and O–H groups in total. The van der Waals surface area contributed by atoms with Gasteiger partial charge in [0.05, 0.1) is 6.54 Å². The van der Waals surface area contributed by atoms with E-state index in [1.54, 1.807) is 6.92 Å². The number of H-pyrrole nitrogens is 1. The third-order valence-electron chi connectivity index (χ3n) is 3.42. The number of rotatable bonds is 3. The smallest absolute Gasteiger partial charge is 0.274 e. The molecular weight excluding hydrogens is 266 g/mol. The molecule has 0 fully saturated rings. The van der Waals surface area contributed by atoms with E-state index in [-0.39, 0.29) is 5.56 Å². The molecule has 3 rings (SSSR count). The van der Waals surface area contributed by atoms with Gasteiger partial charge in [-0.15, -0.1) is 0 Å². The van der Waals surface area contributed by atoms with Crippen LogP contribution in [0.1, 0.15) is 22.6 Å². The summed E-state index contributed by atoms with van der Waals surface area (Å²) < 4.78 is 1.36. The molecule has 21 heavy (non-hydrogen) atoms. The van der Waals surface area contributed by atoms with Crippen LogP contribution in [-0.4, -0.2) is 19.6 Å². The molecule has 0 saturated heterocycles. The number of aryl methyl sites for hydroxylation is 3. The summed E-state index contributed by atoms with van der Waals surface area (Å²) in [5.74, 6) is 1.08. The predicted molar refractivity (Wildman–Crippen MR) is 81.6 cm³/mol.